The molecule has 1 aliphatic carbocycles. The molecule has 1 aromatic rings. The first kappa shape index (κ1) is 10.6. The summed E-state index contributed by atoms with van der Waals surface area (Å²) in [5.41, 5.74) is 8.70. The maximum Gasteiger partial charge on any atom is 0.253 e. The van der Waals surface area contributed by atoms with E-state index < -0.39 is 12.5 Å². The van der Waals surface area contributed by atoms with Crippen LogP contribution in [0.25, 0.3) is 0 Å². The maximum absolute atomic E-state index is 12.3. The second-order valence-electron chi connectivity index (χ2n) is 4.21. The van der Waals surface area contributed by atoms with E-state index in [1.54, 1.807) is 0 Å². The lowest BCUT2D eigenvalue weighted by molar-refractivity contribution is 0.115. The molecule has 0 fully saturated rings. The molecule has 1 aromatic heterocycles. The molecule has 0 amide bonds. The van der Waals surface area contributed by atoms with Gasteiger partial charge in [0.2, 0.25) is 0 Å². The van der Waals surface area contributed by atoms with Crippen LogP contribution in [-0.2, 0) is 19.3 Å². The van der Waals surface area contributed by atoms with E-state index in [2.05, 4.69) is 4.98 Å². The topological polar surface area (TPSA) is 41.8 Å². The minimum atomic E-state index is -2.44. The third-order valence-corrected chi connectivity index (χ3v) is 2.95. The number of hydrogen-bond donors (Lipinski definition) is 2. The van der Waals surface area contributed by atoms with E-state index in [0.29, 0.717) is 0 Å². The van der Waals surface area contributed by atoms with Crippen LogP contribution in [0.4, 0.5) is 8.78 Å². The molecule has 0 saturated carbocycles. The lowest BCUT2D eigenvalue weighted by Gasteiger charge is -2.09. The van der Waals surface area contributed by atoms with Gasteiger partial charge in [-0.05, 0) is 37.3 Å². The Bertz CT molecular complexity index is 310. The number of rotatable bonds is 3. The first-order valence-corrected chi connectivity index (χ1v) is 5.40. The second kappa shape index (κ2) is 4.31. The smallest absolute Gasteiger partial charge is 0.253 e. The molecule has 0 aromatic carbocycles. The fourth-order valence-corrected chi connectivity index (χ4v) is 2.12. The van der Waals surface area contributed by atoms with Crippen molar-refractivity contribution in [2.45, 2.75) is 44.6 Å². The quantitative estimate of drug-likeness (QED) is 0.794. The van der Waals surface area contributed by atoms with Crippen molar-refractivity contribution in [2.75, 3.05) is 0 Å². The summed E-state index contributed by atoms with van der Waals surface area (Å²) in [5.74, 6) is 0. The van der Waals surface area contributed by atoms with E-state index in [1.807, 2.05) is 6.07 Å². The van der Waals surface area contributed by atoms with Gasteiger partial charge in [-0.1, -0.05) is 0 Å². The average molecular weight is 214 g/mol. The molecule has 0 bridgehead atoms. The molecule has 15 heavy (non-hydrogen) atoms. The number of nitrogens with one attached hydrogen (secondary N) is 1. The highest BCUT2D eigenvalue weighted by Gasteiger charge is 2.18. The van der Waals surface area contributed by atoms with E-state index >= 15 is 0 Å². The third-order valence-electron chi connectivity index (χ3n) is 2.95. The number of nitrogens with two attached hydrogens (primary N) is 1. The Balaban J connectivity index is 2.06. The van der Waals surface area contributed by atoms with Crippen molar-refractivity contribution in [1.82, 2.24) is 4.98 Å². The van der Waals surface area contributed by atoms with Gasteiger partial charge in [0.1, 0.15) is 0 Å². The Hall–Kier alpha value is -0.900. The van der Waals surface area contributed by atoms with Gasteiger partial charge in [-0.15, -0.1) is 0 Å². The summed E-state index contributed by atoms with van der Waals surface area (Å²) in [6.07, 6.45) is 2.30. The van der Waals surface area contributed by atoms with Gasteiger partial charge < -0.3 is 10.7 Å². The van der Waals surface area contributed by atoms with Crippen molar-refractivity contribution in [3.05, 3.63) is 23.0 Å². The number of fused-ring (bicyclic) bond motifs is 1. The summed E-state index contributed by atoms with van der Waals surface area (Å²) in [7, 11) is 0. The second-order valence-corrected chi connectivity index (χ2v) is 4.21. The van der Waals surface area contributed by atoms with Crippen LogP contribution >= 0.6 is 0 Å². The molecule has 3 N–H and O–H groups in total. The predicted molar refractivity (Wildman–Crippen MR) is 55.1 cm³/mol. The molecule has 1 atom stereocenters. The summed E-state index contributed by atoms with van der Waals surface area (Å²) in [5, 5.41) is 0. The van der Waals surface area contributed by atoms with Crippen LogP contribution in [-0.4, -0.2) is 17.5 Å². The van der Waals surface area contributed by atoms with Gasteiger partial charge in [-0.25, -0.2) is 8.78 Å². The summed E-state index contributed by atoms with van der Waals surface area (Å²) in [4.78, 5) is 3.21. The molecule has 0 spiro atoms. The van der Waals surface area contributed by atoms with Crippen LogP contribution < -0.4 is 5.73 Å². The lowest BCUT2D eigenvalue weighted by atomic mass is 9.98. The van der Waals surface area contributed by atoms with E-state index in [9.17, 15) is 8.78 Å². The van der Waals surface area contributed by atoms with Gasteiger partial charge in [-0.3, -0.25) is 0 Å². The zero-order valence-corrected chi connectivity index (χ0v) is 8.60. The molecule has 1 heterocycles. The Morgan fingerprint density at radius 1 is 1.33 bits per heavy atom. The molecule has 2 rings (SSSR count). The predicted octanol–water partition coefficient (Wildman–Crippen LogP) is 2.03. The molecule has 84 valence electrons. The number of halogens is 2. The molecular weight excluding hydrogens is 198 g/mol. The van der Waals surface area contributed by atoms with E-state index in [0.717, 1.165) is 18.5 Å². The van der Waals surface area contributed by atoms with Gasteiger partial charge in [0, 0.05) is 17.8 Å². The largest absolute Gasteiger partial charge is 0.362 e. The standard InChI is InChI=1S/C11H16F2N2/c12-11(13)9(14)6-8-5-7-3-1-2-4-10(7)15-8/h5,9,11,15H,1-4,6,14H2. The number of hydrogen-bond acceptors (Lipinski definition) is 1. The van der Waals surface area contributed by atoms with Gasteiger partial charge in [0.15, 0.2) is 0 Å². The molecule has 2 nitrogen and oxygen atoms in total. The van der Waals surface area contributed by atoms with Crippen LogP contribution in [0.1, 0.15) is 29.8 Å². The van der Waals surface area contributed by atoms with Gasteiger partial charge >= 0.3 is 0 Å². The van der Waals surface area contributed by atoms with Crippen LogP contribution in [0, 0.1) is 0 Å². The zero-order chi connectivity index (χ0) is 10.8. The number of aromatic nitrogens is 1. The summed E-state index contributed by atoms with van der Waals surface area (Å²) >= 11 is 0. The fraction of sp³-hybridized carbons (Fsp3) is 0.636. The molecule has 1 aliphatic rings. The monoisotopic (exact) mass is 214 g/mol. The van der Waals surface area contributed by atoms with Crippen LogP contribution in [0.3, 0.4) is 0 Å². The van der Waals surface area contributed by atoms with Gasteiger partial charge in [-0.2, -0.15) is 0 Å². The number of H-pyrrole nitrogens is 1. The van der Waals surface area contributed by atoms with E-state index in [4.69, 9.17) is 5.73 Å². The van der Waals surface area contributed by atoms with Gasteiger partial charge in [0.05, 0.1) is 6.04 Å². The summed E-state index contributed by atoms with van der Waals surface area (Å²) < 4.78 is 24.5. The molecule has 0 saturated heterocycles. The van der Waals surface area contributed by atoms with Crippen molar-refractivity contribution < 1.29 is 8.78 Å². The summed E-state index contributed by atoms with van der Waals surface area (Å²) in [6, 6.07) is 0.946. The Labute approximate surface area is 87.9 Å². The van der Waals surface area contributed by atoms with E-state index in [-0.39, 0.29) is 6.42 Å². The van der Waals surface area contributed by atoms with Crippen molar-refractivity contribution in [1.29, 1.82) is 0 Å². The maximum atomic E-state index is 12.3. The number of aryl methyl sites for hydroxylation is 2. The highest BCUT2D eigenvalue weighted by atomic mass is 19.3. The Kier molecular flexibility index (Phi) is 3.05. The molecule has 0 radical (unpaired) electrons. The molecule has 1 unspecified atom stereocenters. The Morgan fingerprint density at radius 3 is 2.73 bits per heavy atom. The highest BCUT2D eigenvalue weighted by Crippen LogP contribution is 2.22. The highest BCUT2D eigenvalue weighted by molar-refractivity contribution is 5.28. The molecule has 0 aliphatic heterocycles. The number of aromatic amines is 1. The van der Waals surface area contributed by atoms with Crippen molar-refractivity contribution in [3.8, 4) is 0 Å². The van der Waals surface area contributed by atoms with Crippen molar-refractivity contribution in [2.24, 2.45) is 5.73 Å². The normalized spacial score (nSPS) is 17.9. The minimum Gasteiger partial charge on any atom is -0.362 e. The van der Waals surface area contributed by atoms with Crippen molar-refractivity contribution >= 4 is 0 Å². The van der Waals surface area contributed by atoms with Crippen LogP contribution in [0.5, 0.6) is 0 Å². The van der Waals surface area contributed by atoms with Crippen LogP contribution in [0.2, 0.25) is 0 Å². The first-order chi connectivity index (χ1) is 7.16. The van der Waals surface area contributed by atoms with Crippen LogP contribution in [0.15, 0.2) is 6.07 Å². The van der Waals surface area contributed by atoms with E-state index in [1.165, 1.54) is 24.1 Å². The SMILES string of the molecule is NC(Cc1cc2c([nH]1)CCCC2)C(F)F. The average Bonchev–Trinajstić information content (AvgIpc) is 2.59. The van der Waals surface area contributed by atoms with Gasteiger partial charge in [0.25, 0.3) is 6.43 Å². The third kappa shape index (κ3) is 2.37. The molecule has 4 heteroatoms. The minimum absolute atomic E-state index is 0.241. The zero-order valence-electron chi connectivity index (χ0n) is 8.60. The summed E-state index contributed by atoms with van der Waals surface area (Å²) in [6.45, 7) is 0. The van der Waals surface area contributed by atoms with Crippen molar-refractivity contribution in [3.63, 3.8) is 0 Å². The first-order valence-electron chi connectivity index (χ1n) is 5.40. The number of alkyl halides is 2. The lowest BCUT2D eigenvalue weighted by Crippen LogP contribution is -2.31. The fourth-order valence-electron chi connectivity index (χ4n) is 2.12. The molecular formula is C11H16F2N2. The Morgan fingerprint density at radius 2 is 2.07 bits per heavy atom.